The average molecular weight is 316 g/mol. The lowest BCUT2D eigenvalue weighted by molar-refractivity contribution is -0.128. The van der Waals surface area contributed by atoms with Crippen molar-refractivity contribution in [1.29, 1.82) is 0 Å². The summed E-state index contributed by atoms with van der Waals surface area (Å²) in [5.74, 6) is 1.65. The number of amides is 1. The minimum absolute atomic E-state index is 0.0752. The van der Waals surface area contributed by atoms with E-state index in [-0.39, 0.29) is 24.0 Å². The molecule has 2 aliphatic rings. The maximum Gasteiger partial charge on any atom is 0.268 e. The maximum absolute atomic E-state index is 12.8. The first-order chi connectivity index (χ1) is 11.0. The highest BCUT2D eigenvalue weighted by atomic mass is 16.5. The van der Waals surface area contributed by atoms with Crippen LogP contribution in [0.15, 0.2) is 18.2 Å². The highest BCUT2D eigenvalue weighted by molar-refractivity contribution is 6.00. The first kappa shape index (κ1) is 16.3. The number of carbonyl (C=O) groups is 1. The van der Waals surface area contributed by atoms with Crippen molar-refractivity contribution in [3.05, 3.63) is 23.8 Å². The molecule has 0 bridgehead atoms. The zero-order valence-electron chi connectivity index (χ0n) is 14.4. The van der Waals surface area contributed by atoms with Crippen molar-refractivity contribution in [2.75, 3.05) is 11.4 Å². The second-order valence-corrected chi connectivity index (χ2v) is 7.22. The molecule has 1 saturated carbocycles. The van der Waals surface area contributed by atoms with Gasteiger partial charge in [-0.25, -0.2) is 0 Å². The van der Waals surface area contributed by atoms with Gasteiger partial charge in [-0.05, 0) is 48.8 Å². The Morgan fingerprint density at radius 1 is 1.35 bits per heavy atom. The van der Waals surface area contributed by atoms with Crippen LogP contribution in [0.4, 0.5) is 5.69 Å². The Balaban J connectivity index is 1.94. The quantitative estimate of drug-likeness (QED) is 0.871. The second kappa shape index (κ2) is 6.52. The Kier molecular flexibility index (Phi) is 4.62. The van der Waals surface area contributed by atoms with Crippen molar-refractivity contribution < 1.29 is 9.53 Å². The number of rotatable bonds is 6. The lowest BCUT2D eigenvalue weighted by Crippen LogP contribution is -2.48. The van der Waals surface area contributed by atoms with Gasteiger partial charge < -0.3 is 15.4 Å². The van der Waals surface area contributed by atoms with E-state index < -0.39 is 0 Å². The Labute approximate surface area is 139 Å². The fourth-order valence-corrected chi connectivity index (χ4v) is 3.21. The first-order valence-corrected chi connectivity index (χ1v) is 8.90. The lowest BCUT2D eigenvalue weighted by atomic mass is 9.99. The molecule has 0 radical (unpaired) electrons. The van der Waals surface area contributed by atoms with E-state index in [1.54, 1.807) is 0 Å². The van der Waals surface area contributed by atoms with E-state index in [1.807, 2.05) is 24.8 Å². The van der Waals surface area contributed by atoms with Crippen molar-refractivity contribution in [1.82, 2.24) is 0 Å². The summed E-state index contributed by atoms with van der Waals surface area (Å²) in [7, 11) is 0. The van der Waals surface area contributed by atoms with Gasteiger partial charge in [0.25, 0.3) is 5.91 Å². The van der Waals surface area contributed by atoms with Gasteiger partial charge in [0.05, 0.1) is 5.69 Å². The van der Waals surface area contributed by atoms with Gasteiger partial charge in [-0.3, -0.25) is 4.79 Å². The van der Waals surface area contributed by atoms with Gasteiger partial charge in [0, 0.05) is 12.6 Å². The van der Waals surface area contributed by atoms with Gasteiger partial charge in [0.2, 0.25) is 0 Å². The molecule has 2 N–H and O–H groups in total. The first-order valence-electron chi connectivity index (χ1n) is 8.90. The molecule has 1 heterocycles. The van der Waals surface area contributed by atoms with Crippen LogP contribution in [0.2, 0.25) is 0 Å². The zero-order chi connectivity index (χ0) is 16.6. The van der Waals surface area contributed by atoms with Crippen LogP contribution in [0.25, 0.3) is 0 Å². The van der Waals surface area contributed by atoms with Crippen molar-refractivity contribution >= 4 is 11.6 Å². The highest BCUT2D eigenvalue weighted by Crippen LogP contribution is 2.43. The normalized spacial score (nSPS) is 22.0. The Hall–Kier alpha value is -1.55. The van der Waals surface area contributed by atoms with Crippen LogP contribution >= 0.6 is 0 Å². The van der Waals surface area contributed by atoms with E-state index in [2.05, 4.69) is 19.1 Å². The summed E-state index contributed by atoms with van der Waals surface area (Å²) in [6.07, 6.45) is 4.09. The Morgan fingerprint density at radius 3 is 2.70 bits per heavy atom. The Bertz CT molecular complexity index is 581. The number of carbonyl (C=O) groups excluding carboxylic acids is 1. The summed E-state index contributed by atoms with van der Waals surface area (Å²) in [6, 6.07) is 6.20. The molecule has 0 spiro atoms. The summed E-state index contributed by atoms with van der Waals surface area (Å²) in [4.78, 5) is 14.7. The summed E-state index contributed by atoms with van der Waals surface area (Å²) in [5, 5.41) is 0. The number of benzene rings is 1. The topological polar surface area (TPSA) is 55.6 Å². The van der Waals surface area contributed by atoms with Crippen molar-refractivity contribution in [3.63, 3.8) is 0 Å². The van der Waals surface area contributed by atoms with Gasteiger partial charge >= 0.3 is 0 Å². The van der Waals surface area contributed by atoms with Gasteiger partial charge in [0.1, 0.15) is 5.75 Å². The SMILES string of the molecule is CCCCN1C(=O)C(C(C)C)Oc2ccc(C(N)C3CC3)cc21. The minimum atomic E-state index is -0.387. The molecule has 3 rings (SSSR count). The average Bonchev–Trinajstić information content (AvgIpc) is 3.37. The van der Waals surface area contributed by atoms with Gasteiger partial charge in [-0.15, -0.1) is 0 Å². The number of anilines is 1. The van der Waals surface area contributed by atoms with Crippen LogP contribution in [0.5, 0.6) is 5.75 Å². The van der Waals surface area contributed by atoms with Gasteiger partial charge in [-0.2, -0.15) is 0 Å². The molecule has 1 aliphatic carbocycles. The van der Waals surface area contributed by atoms with Gasteiger partial charge in [0.15, 0.2) is 6.10 Å². The van der Waals surface area contributed by atoms with E-state index in [0.29, 0.717) is 5.92 Å². The highest BCUT2D eigenvalue weighted by Gasteiger charge is 2.37. The number of nitrogens with zero attached hydrogens (tertiary/aromatic N) is 1. The molecular formula is C19H28N2O2. The van der Waals surface area contributed by atoms with Crippen LogP contribution in [0.3, 0.4) is 0 Å². The largest absolute Gasteiger partial charge is 0.478 e. The number of hydrogen-bond acceptors (Lipinski definition) is 3. The standard InChI is InChI=1S/C19H28N2O2/c1-4-5-10-21-15-11-14(17(20)13-6-7-13)8-9-16(15)23-18(12(2)3)19(21)22/h8-9,11-13,17-18H,4-7,10,20H2,1-3H3. The lowest BCUT2D eigenvalue weighted by Gasteiger charge is -2.36. The predicted molar refractivity (Wildman–Crippen MR) is 92.6 cm³/mol. The number of hydrogen-bond donors (Lipinski definition) is 1. The molecule has 1 amide bonds. The minimum Gasteiger partial charge on any atom is -0.478 e. The fourth-order valence-electron chi connectivity index (χ4n) is 3.21. The molecule has 1 aromatic rings. The molecule has 4 nitrogen and oxygen atoms in total. The fraction of sp³-hybridized carbons (Fsp3) is 0.632. The van der Waals surface area contributed by atoms with E-state index in [4.69, 9.17) is 10.5 Å². The molecule has 2 atom stereocenters. The van der Waals surface area contributed by atoms with Crippen molar-refractivity contribution in [2.45, 2.75) is 58.6 Å². The maximum atomic E-state index is 12.8. The predicted octanol–water partition coefficient (Wildman–Crippen LogP) is 3.65. The molecule has 1 aromatic carbocycles. The Morgan fingerprint density at radius 2 is 2.09 bits per heavy atom. The third-order valence-corrected chi connectivity index (χ3v) is 4.89. The smallest absolute Gasteiger partial charge is 0.268 e. The van der Waals surface area contributed by atoms with E-state index in [0.717, 1.165) is 36.4 Å². The van der Waals surface area contributed by atoms with Crippen molar-refractivity contribution in [3.8, 4) is 5.75 Å². The van der Waals surface area contributed by atoms with Crippen LogP contribution in [0, 0.1) is 11.8 Å². The van der Waals surface area contributed by atoms with E-state index >= 15 is 0 Å². The molecular weight excluding hydrogens is 288 g/mol. The molecule has 126 valence electrons. The van der Waals surface area contributed by atoms with Crippen LogP contribution in [-0.2, 0) is 4.79 Å². The van der Waals surface area contributed by atoms with Crippen LogP contribution in [-0.4, -0.2) is 18.6 Å². The molecule has 0 saturated heterocycles. The van der Waals surface area contributed by atoms with Gasteiger partial charge in [-0.1, -0.05) is 33.3 Å². The monoisotopic (exact) mass is 316 g/mol. The molecule has 2 unspecified atom stereocenters. The van der Waals surface area contributed by atoms with Crippen LogP contribution in [0.1, 0.15) is 58.1 Å². The summed E-state index contributed by atoms with van der Waals surface area (Å²) in [5.41, 5.74) is 8.36. The molecule has 1 fully saturated rings. The van der Waals surface area contributed by atoms with E-state index in [1.165, 1.54) is 12.8 Å². The van der Waals surface area contributed by atoms with E-state index in [9.17, 15) is 4.79 Å². The van der Waals surface area contributed by atoms with Crippen molar-refractivity contribution in [2.24, 2.45) is 17.6 Å². The second-order valence-electron chi connectivity index (χ2n) is 7.22. The number of nitrogens with two attached hydrogens (primary N) is 1. The third kappa shape index (κ3) is 3.23. The number of unbranched alkanes of at least 4 members (excludes halogenated alkanes) is 1. The van der Waals surface area contributed by atoms with Crippen LogP contribution < -0.4 is 15.4 Å². The number of ether oxygens (including phenoxy) is 1. The third-order valence-electron chi connectivity index (χ3n) is 4.89. The molecule has 23 heavy (non-hydrogen) atoms. The molecule has 1 aliphatic heterocycles. The summed E-state index contributed by atoms with van der Waals surface area (Å²) >= 11 is 0. The summed E-state index contributed by atoms with van der Waals surface area (Å²) in [6.45, 7) is 6.95. The molecule has 0 aromatic heterocycles. The molecule has 4 heteroatoms. The zero-order valence-corrected chi connectivity index (χ0v) is 14.4. The number of fused-ring (bicyclic) bond motifs is 1. The summed E-state index contributed by atoms with van der Waals surface area (Å²) < 4.78 is 5.99.